The van der Waals surface area contributed by atoms with E-state index in [1.54, 1.807) is 16.2 Å². The van der Waals surface area contributed by atoms with Gasteiger partial charge in [-0.25, -0.2) is 15.0 Å². The zero-order chi connectivity index (χ0) is 21.5. The van der Waals surface area contributed by atoms with Gasteiger partial charge in [-0.15, -0.1) is 5.10 Å². The molecule has 4 heterocycles. The van der Waals surface area contributed by atoms with Gasteiger partial charge in [-0.05, 0) is 38.8 Å². The lowest BCUT2D eigenvalue weighted by molar-refractivity contribution is 0.0955. The van der Waals surface area contributed by atoms with Gasteiger partial charge in [0.25, 0.3) is 5.56 Å². The summed E-state index contributed by atoms with van der Waals surface area (Å²) in [5.74, 6) is 1.06. The Balaban J connectivity index is 1.83. The fraction of sp³-hybridized carbons (Fsp3) is 0.409. The van der Waals surface area contributed by atoms with Crippen molar-refractivity contribution >= 4 is 39.1 Å². The van der Waals surface area contributed by atoms with Gasteiger partial charge in [0.05, 0.1) is 30.3 Å². The number of hydrogen-bond donors (Lipinski definition) is 0. The molecule has 1 aliphatic rings. The predicted molar refractivity (Wildman–Crippen MR) is 118 cm³/mol. The van der Waals surface area contributed by atoms with Crippen LogP contribution in [0, 0.1) is 6.92 Å². The second kappa shape index (κ2) is 7.73. The maximum Gasteiger partial charge on any atom is 0.265 e. The molecule has 3 aromatic heterocycles. The van der Waals surface area contributed by atoms with E-state index in [2.05, 4.69) is 5.10 Å². The van der Waals surface area contributed by atoms with E-state index in [0.717, 1.165) is 25.0 Å². The van der Waals surface area contributed by atoms with Crippen LogP contribution in [0.3, 0.4) is 0 Å². The number of nitrogens with zero attached hydrogens (tertiary/aromatic N) is 6. The van der Waals surface area contributed by atoms with Crippen LogP contribution in [0.4, 0.5) is 0 Å². The molecule has 1 unspecified atom stereocenters. The summed E-state index contributed by atoms with van der Waals surface area (Å²) in [6.07, 6.45) is 1.97. The van der Waals surface area contributed by atoms with Crippen molar-refractivity contribution in [2.24, 2.45) is 5.10 Å². The third-order valence-corrected chi connectivity index (χ3v) is 5.54. The van der Waals surface area contributed by atoms with Gasteiger partial charge >= 0.3 is 0 Å². The van der Waals surface area contributed by atoms with Crippen molar-refractivity contribution in [3.63, 3.8) is 0 Å². The molecule has 1 aromatic carbocycles. The molecule has 1 fully saturated rings. The minimum Gasteiger partial charge on any atom is -0.480 e. The van der Waals surface area contributed by atoms with Crippen LogP contribution in [0.25, 0.3) is 33.2 Å². The monoisotopic (exact) mass is 420 g/mol. The molecule has 4 aromatic rings. The highest BCUT2D eigenvalue weighted by Crippen LogP contribution is 2.26. The molecule has 0 saturated carbocycles. The zero-order valence-electron chi connectivity index (χ0n) is 17.8. The highest BCUT2D eigenvalue weighted by atomic mass is 16.5. The van der Waals surface area contributed by atoms with Gasteiger partial charge in [0.15, 0.2) is 11.3 Å². The summed E-state index contributed by atoms with van der Waals surface area (Å²) in [6.45, 7) is 7.18. The van der Waals surface area contributed by atoms with Crippen molar-refractivity contribution in [3.05, 3.63) is 40.4 Å². The molecule has 9 heteroatoms. The molecule has 5 rings (SSSR count). The fourth-order valence-electron chi connectivity index (χ4n) is 4.09. The second-order valence-electron chi connectivity index (χ2n) is 7.66. The summed E-state index contributed by atoms with van der Waals surface area (Å²) in [5.41, 5.74) is 2.67. The summed E-state index contributed by atoms with van der Waals surface area (Å²) in [7, 11) is 0. The Labute approximate surface area is 178 Å². The van der Waals surface area contributed by atoms with Crippen molar-refractivity contribution < 1.29 is 9.47 Å². The van der Waals surface area contributed by atoms with E-state index in [9.17, 15) is 4.79 Å². The Morgan fingerprint density at radius 1 is 1.23 bits per heavy atom. The molecule has 0 spiro atoms. The normalized spacial score (nSPS) is 17.3. The minimum atomic E-state index is -0.157. The average Bonchev–Trinajstić information content (AvgIpc) is 3.36. The number of benzene rings is 1. The van der Waals surface area contributed by atoms with Crippen molar-refractivity contribution in [2.45, 2.75) is 46.3 Å². The average molecular weight is 420 g/mol. The number of aryl methyl sites for hydroxylation is 1. The SMILES string of the molecule is CCO/C(C)=N/n1c2nc3ccccc3nc2c2c(=O)n(CC3CCCO3)c(C)nc21. The largest absolute Gasteiger partial charge is 0.480 e. The lowest BCUT2D eigenvalue weighted by Gasteiger charge is -2.14. The first-order valence-electron chi connectivity index (χ1n) is 10.5. The number of rotatable bonds is 4. The third kappa shape index (κ3) is 3.34. The summed E-state index contributed by atoms with van der Waals surface area (Å²) >= 11 is 0. The molecule has 0 bridgehead atoms. The van der Waals surface area contributed by atoms with E-state index in [0.29, 0.717) is 52.6 Å². The Bertz CT molecular complexity index is 1380. The maximum absolute atomic E-state index is 13.6. The Hall–Kier alpha value is -3.33. The molecular weight excluding hydrogens is 396 g/mol. The Morgan fingerprint density at radius 2 is 2.00 bits per heavy atom. The van der Waals surface area contributed by atoms with E-state index in [1.807, 2.05) is 38.1 Å². The molecule has 1 saturated heterocycles. The number of ether oxygens (including phenoxy) is 2. The van der Waals surface area contributed by atoms with Crippen LogP contribution in [0.5, 0.6) is 0 Å². The van der Waals surface area contributed by atoms with Crippen molar-refractivity contribution in [1.82, 2.24) is 24.2 Å². The Morgan fingerprint density at radius 3 is 2.71 bits per heavy atom. The summed E-state index contributed by atoms with van der Waals surface area (Å²) in [4.78, 5) is 27.9. The molecule has 31 heavy (non-hydrogen) atoms. The quantitative estimate of drug-likeness (QED) is 0.372. The molecular formula is C22H24N6O3. The topological polar surface area (TPSA) is 96.4 Å². The lowest BCUT2D eigenvalue weighted by Crippen LogP contribution is -2.29. The van der Waals surface area contributed by atoms with E-state index < -0.39 is 0 Å². The lowest BCUT2D eigenvalue weighted by atomic mass is 10.2. The van der Waals surface area contributed by atoms with Gasteiger partial charge < -0.3 is 9.47 Å². The predicted octanol–water partition coefficient (Wildman–Crippen LogP) is 3.00. The third-order valence-electron chi connectivity index (χ3n) is 5.54. The summed E-state index contributed by atoms with van der Waals surface area (Å²) in [5, 5.41) is 4.97. The molecule has 9 nitrogen and oxygen atoms in total. The smallest absolute Gasteiger partial charge is 0.265 e. The highest BCUT2D eigenvalue weighted by molar-refractivity contribution is 6.04. The van der Waals surface area contributed by atoms with Crippen molar-refractivity contribution in [1.29, 1.82) is 0 Å². The van der Waals surface area contributed by atoms with Crippen LogP contribution < -0.4 is 5.56 Å². The van der Waals surface area contributed by atoms with E-state index in [1.165, 1.54) is 0 Å². The molecule has 1 atom stereocenters. The van der Waals surface area contributed by atoms with Gasteiger partial charge in [-0.1, -0.05) is 12.1 Å². The molecule has 0 N–H and O–H groups in total. The standard InChI is InChI=1S/C22H24N6O3/c1-4-30-14(3)26-28-20-18(19-21(28)25-17-10-6-5-9-16(17)24-19)22(29)27(13(2)23-20)12-15-8-7-11-31-15/h5-6,9-10,15H,4,7-8,11-12H2,1-3H3/b26-14+. The van der Waals surface area contributed by atoms with E-state index in [4.69, 9.17) is 24.4 Å². The second-order valence-corrected chi connectivity index (χ2v) is 7.66. The fourth-order valence-corrected chi connectivity index (χ4v) is 4.09. The highest BCUT2D eigenvalue weighted by Gasteiger charge is 2.24. The van der Waals surface area contributed by atoms with Crippen LogP contribution in [0.2, 0.25) is 0 Å². The molecule has 0 aliphatic carbocycles. The van der Waals surface area contributed by atoms with E-state index >= 15 is 0 Å². The zero-order valence-corrected chi connectivity index (χ0v) is 17.8. The Kier molecular flexibility index (Phi) is 4.90. The number of aromatic nitrogens is 5. The van der Waals surface area contributed by atoms with Gasteiger partial charge in [-0.2, -0.15) is 4.68 Å². The van der Waals surface area contributed by atoms with Gasteiger partial charge in [0.2, 0.25) is 5.90 Å². The first-order chi connectivity index (χ1) is 15.1. The van der Waals surface area contributed by atoms with Crippen LogP contribution in [-0.2, 0) is 16.0 Å². The summed E-state index contributed by atoms with van der Waals surface area (Å²) in [6, 6.07) is 7.57. The van der Waals surface area contributed by atoms with Gasteiger partial charge in [-0.3, -0.25) is 9.36 Å². The molecule has 0 amide bonds. The van der Waals surface area contributed by atoms with Crippen LogP contribution in [0.1, 0.15) is 32.5 Å². The van der Waals surface area contributed by atoms with Gasteiger partial charge in [0.1, 0.15) is 16.7 Å². The van der Waals surface area contributed by atoms with Gasteiger partial charge in [0, 0.05) is 13.5 Å². The number of hydrogen-bond acceptors (Lipinski definition) is 7. The number of para-hydroxylation sites is 2. The first-order valence-corrected chi connectivity index (χ1v) is 10.5. The molecule has 0 radical (unpaired) electrons. The number of fused-ring (bicyclic) bond motifs is 4. The van der Waals surface area contributed by atoms with Crippen molar-refractivity contribution in [2.75, 3.05) is 13.2 Å². The molecule has 1 aliphatic heterocycles. The van der Waals surface area contributed by atoms with Crippen LogP contribution in [0.15, 0.2) is 34.2 Å². The van der Waals surface area contributed by atoms with E-state index in [-0.39, 0.29) is 11.7 Å². The van der Waals surface area contributed by atoms with Crippen molar-refractivity contribution in [3.8, 4) is 0 Å². The first kappa shape index (κ1) is 19.6. The van der Waals surface area contributed by atoms with Crippen LogP contribution in [-0.4, -0.2) is 49.4 Å². The minimum absolute atomic E-state index is 0.0223. The van der Waals surface area contributed by atoms with Crippen LogP contribution >= 0.6 is 0 Å². The molecule has 160 valence electrons. The summed E-state index contributed by atoms with van der Waals surface area (Å²) < 4.78 is 14.5. The maximum atomic E-state index is 13.6.